The Morgan fingerprint density at radius 2 is 1.74 bits per heavy atom. The van der Waals surface area contributed by atoms with E-state index in [-0.39, 0.29) is 5.02 Å². The van der Waals surface area contributed by atoms with Gasteiger partial charge >= 0.3 is 6.18 Å². The Morgan fingerprint density at radius 3 is 2.32 bits per heavy atom. The van der Waals surface area contributed by atoms with E-state index in [9.17, 15) is 13.2 Å². The first kappa shape index (κ1) is 13.9. The van der Waals surface area contributed by atoms with Crippen molar-refractivity contribution in [2.45, 2.75) is 12.7 Å². The molecule has 0 heterocycles. The van der Waals surface area contributed by atoms with Crippen molar-refractivity contribution >= 4 is 11.6 Å². The minimum Gasteiger partial charge on any atom is -0.326 e. The van der Waals surface area contributed by atoms with Crippen molar-refractivity contribution in [1.82, 2.24) is 0 Å². The van der Waals surface area contributed by atoms with Crippen LogP contribution in [0, 0.1) is 0 Å². The number of halogens is 4. The highest BCUT2D eigenvalue weighted by atomic mass is 35.5. The van der Waals surface area contributed by atoms with Gasteiger partial charge in [0.2, 0.25) is 0 Å². The van der Waals surface area contributed by atoms with Crippen molar-refractivity contribution in [3.8, 4) is 11.1 Å². The van der Waals surface area contributed by atoms with Crippen LogP contribution in [0.1, 0.15) is 11.1 Å². The first-order valence-electron chi connectivity index (χ1n) is 5.58. The summed E-state index contributed by atoms with van der Waals surface area (Å²) in [5.74, 6) is 0. The summed E-state index contributed by atoms with van der Waals surface area (Å²) in [6, 6.07) is 11.0. The average molecular weight is 286 g/mol. The van der Waals surface area contributed by atoms with Crippen molar-refractivity contribution in [2.24, 2.45) is 5.73 Å². The number of nitrogens with two attached hydrogens (primary N) is 1. The van der Waals surface area contributed by atoms with Crippen molar-refractivity contribution in [1.29, 1.82) is 0 Å². The van der Waals surface area contributed by atoms with Crippen LogP contribution in [-0.2, 0) is 12.7 Å². The molecule has 0 aliphatic heterocycles. The van der Waals surface area contributed by atoms with Gasteiger partial charge in [-0.3, -0.25) is 0 Å². The Bertz CT molecular complexity index is 593. The van der Waals surface area contributed by atoms with Crippen LogP contribution in [0.15, 0.2) is 42.5 Å². The molecule has 0 aromatic heterocycles. The Kier molecular flexibility index (Phi) is 3.83. The molecule has 5 heteroatoms. The van der Waals surface area contributed by atoms with Gasteiger partial charge in [-0.1, -0.05) is 41.9 Å². The van der Waals surface area contributed by atoms with Gasteiger partial charge in [0, 0.05) is 6.54 Å². The second-order valence-corrected chi connectivity index (χ2v) is 4.46. The van der Waals surface area contributed by atoms with Gasteiger partial charge in [-0.05, 0) is 28.8 Å². The summed E-state index contributed by atoms with van der Waals surface area (Å²) in [4.78, 5) is 0. The summed E-state index contributed by atoms with van der Waals surface area (Å²) in [7, 11) is 0. The Balaban J connectivity index is 2.51. The highest BCUT2D eigenvalue weighted by molar-refractivity contribution is 6.31. The number of hydrogen-bond donors (Lipinski definition) is 1. The highest BCUT2D eigenvalue weighted by Gasteiger charge is 2.33. The molecule has 0 fully saturated rings. The lowest BCUT2D eigenvalue weighted by Gasteiger charge is -2.12. The first-order valence-corrected chi connectivity index (χ1v) is 5.96. The maximum atomic E-state index is 12.6. The molecule has 0 saturated carbocycles. The summed E-state index contributed by atoms with van der Waals surface area (Å²) in [5.41, 5.74) is 7.06. The van der Waals surface area contributed by atoms with Crippen LogP contribution in [-0.4, -0.2) is 0 Å². The topological polar surface area (TPSA) is 26.0 Å². The molecule has 0 amide bonds. The fourth-order valence-electron chi connectivity index (χ4n) is 1.89. The lowest BCUT2D eigenvalue weighted by molar-refractivity contribution is -0.137. The standard InChI is InChI=1S/C14H11ClF3N/c15-13-7-9(5-6-12(13)14(16,17)18)11-4-2-1-3-10(11)8-19/h1-7H,8,19H2. The molecular formula is C14H11ClF3N. The van der Waals surface area contributed by atoms with Gasteiger partial charge in [-0.25, -0.2) is 0 Å². The van der Waals surface area contributed by atoms with Crippen LogP contribution in [0.2, 0.25) is 5.02 Å². The van der Waals surface area contributed by atoms with E-state index in [2.05, 4.69) is 0 Å². The largest absolute Gasteiger partial charge is 0.417 e. The first-order chi connectivity index (χ1) is 8.93. The fourth-order valence-corrected chi connectivity index (χ4v) is 2.18. The van der Waals surface area contributed by atoms with Crippen molar-refractivity contribution in [3.05, 3.63) is 58.6 Å². The molecule has 1 nitrogen and oxygen atoms in total. The monoisotopic (exact) mass is 285 g/mol. The maximum absolute atomic E-state index is 12.6. The second kappa shape index (κ2) is 5.23. The van der Waals surface area contributed by atoms with Gasteiger partial charge in [0.1, 0.15) is 0 Å². The summed E-state index contributed by atoms with van der Waals surface area (Å²) >= 11 is 5.71. The van der Waals surface area contributed by atoms with Crippen LogP contribution in [0.5, 0.6) is 0 Å². The molecule has 0 saturated heterocycles. The molecular weight excluding hydrogens is 275 g/mol. The third-order valence-electron chi connectivity index (χ3n) is 2.82. The zero-order chi connectivity index (χ0) is 14.0. The SMILES string of the molecule is NCc1ccccc1-c1ccc(C(F)(F)F)c(Cl)c1. The molecule has 19 heavy (non-hydrogen) atoms. The maximum Gasteiger partial charge on any atom is 0.417 e. The Labute approximate surface area is 113 Å². The molecule has 0 atom stereocenters. The molecule has 2 rings (SSSR count). The van der Waals surface area contributed by atoms with Gasteiger partial charge in [0.25, 0.3) is 0 Å². The Morgan fingerprint density at radius 1 is 1.05 bits per heavy atom. The molecule has 2 N–H and O–H groups in total. The molecule has 0 spiro atoms. The highest BCUT2D eigenvalue weighted by Crippen LogP contribution is 2.37. The third-order valence-corrected chi connectivity index (χ3v) is 3.14. The quantitative estimate of drug-likeness (QED) is 0.865. The molecule has 0 bridgehead atoms. The van der Waals surface area contributed by atoms with E-state index in [1.54, 1.807) is 12.1 Å². The smallest absolute Gasteiger partial charge is 0.326 e. The Hall–Kier alpha value is -1.52. The predicted octanol–water partition coefficient (Wildman–Crippen LogP) is 4.48. The molecule has 2 aromatic rings. The predicted molar refractivity (Wildman–Crippen MR) is 69.8 cm³/mol. The van der Waals surface area contributed by atoms with Gasteiger partial charge in [0.05, 0.1) is 10.6 Å². The summed E-state index contributed by atoms with van der Waals surface area (Å²) in [5, 5.41) is -0.308. The lowest BCUT2D eigenvalue weighted by Crippen LogP contribution is -2.06. The van der Waals surface area contributed by atoms with Crippen LogP contribution in [0.25, 0.3) is 11.1 Å². The van der Waals surface area contributed by atoms with Gasteiger partial charge in [-0.15, -0.1) is 0 Å². The van der Waals surface area contributed by atoms with Crippen molar-refractivity contribution < 1.29 is 13.2 Å². The number of rotatable bonds is 2. The third kappa shape index (κ3) is 2.91. The van der Waals surface area contributed by atoms with Crippen LogP contribution < -0.4 is 5.73 Å². The van der Waals surface area contributed by atoms with E-state index >= 15 is 0 Å². The molecule has 0 unspecified atom stereocenters. The van der Waals surface area contributed by atoms with Crippen LogP contribution >= 0.6 is 11.6 Å². The van der Waals surface area contributed by atoms with Crippen LogP contribution in [0.3, 0.4) is 0 Å². The normalized spacial score (nSPS) is 11.6. The summed E-state index contributed by atoms with van der Waals surface area (Å²) < 4.78 is 37.9. The van der Waals surface area contributed by atoms with E-state index < -0.39 is 11.7 Å². The van der Waals surface area contributed by atoms with E-state index in [4.69, 9.17) is 17.3 Å². The number of alkyl halides is 3. The lowest BCUT2D eigenvalue weighted by atomic mass is 9.98. The zero-order valence-electron chi connectivity index (χ0n) is 9.84. The van der Waals surface area contributed by atoms with E-state index in [0.29, 0.717) is 12.1 Å². The summed E-state index contributed by atoms with van der Waals surface area (Å²) in [6.45, 7) is 0.314. The fraction of sp³-hybridized carbons (Fsp3) is 0.143. The van der Waals surface area contributed by atoms with E-state index in [1.807, 2.05) is 12.1 Å². The molecule has 0 aliphatic rings. The van der Waals surface area contributed by atoms with E-state index in [1.165, 1.54) is 12.1 Å². The average Bonchev–Trinajstić information content (AvgIpc) is 2.37. The second-order valence-electron chi connectivity index (χ2n) is 4.05. The molecule has 100 valence electrons. The van der Waals surface area contributed by atoms with Gasteiger partial charge in [0.15, 0.2) is 0 Å². The minimum absolute atomic E-state index is 0.308. The number of hydrogen-bond acceptors (Lipinski definition) is 1. The minimum atomic E-state index is -4.44. The van der Waals surface area contributed by atoms with E-state index in [0.717, 1.165) is 17.2 Å². The van der Waals surface area contributed by atoms with Gasteiger partial charge < -0.3 is 5.73 Å². The number of benzene rings is 2. The molecule has 0 radical (unpaired) electrons. The van der Waals surface area contributed by atoms with Crippen LogP contribution in [0.4, 0.5) is 13.2 Å². The van der Waals surface area contributed by atoms with Gasteiger partial charge in [-0.2, -0.15) is 13.2 Å². The molecule has 0 aliphatic carbocycles. The van der Waals surface area contributed by atoms with Crippen molar-refractivity contribution in [3.63, 3.8) is 0 Å². The van der Waals surface area contributed by atoms with Crippen molar-refractivity contribution in [2.75, 3.05) is 0 Å². The summed E-state index contributed by atoms with van der Waals surface area (Å²) in [6.07, 6.45) is -4.44. The molecule has 2 aromatic carbocycles. The zero-order valence-corrected chi connectivity index (χ0v) is 10.6.